The molecule has 15 heavy (non-hydrogen) atoms. The first kappa shape index (κ1) is 11.3. The maximum absolute atomic E-state index is 8.70. The summed E-state index contributed by atoms with van der Waals surface area (Å²) < 4.78 is 0. The van der Waals surface area contributed by atoms with Gasteiger partial charge in [-0.3, -0.25) is 0 Å². The van der Waals surface area contributed by atoms with Crippen molar-refractivity contribution < 1.29 is 0 Å². The van der Waals surface area contributed by atoms with Crippen LogP contribution in [0.4, 0.5) is 5.69 Å². The first-order valence-electron chi connectivity index (χ1n) is 4.88. The Kier molecular flexibility index (Phi) is 4.39. The molecule has 3 nitrogen and oxygen atoms in total. The highest BCUT2D eigenvalue weighted by atomic mass is 14.8. The molecule has 1 aromatic rings. The van der Waals surface area contributed by atoms with E-state index in [1.807, 2.05) is 31.3 Å². The van der Waals surface area contributed by atoms with E-state index in [2.05, 4.69) is 11.4 Å². The third-order valence-electron chi connectivity index (χ3n) is 2.07. The lowest BCUT2D eigenvalue weighted by Gasteiger charge is -1.99. The van der Waals surface area contributed by atoms with Crippen LogP contribution in [0.1, 0.15) is 17.5 Å². The Morgan fingerprint density at radius 1 is 1.53 bits per heavy atom. The highest BCUT2D eigenvalue weighted by Crippen LogP contribution is 2.14. The summed E-state index contributed by atoms with van der Waals surface area (Å²) in [7, 11) is 1.92. The predicted molar refractivity (Wildman–Crippen MR) is 63.1 cm³/mol. The minimum atomic E-state index is 0.530. The molecule has 3 heteroatoms. The highest BCUT2D eigenvalue weighted by molar-refractivity contribution is 5.62. The highest BCUT2D eigenvalue weighted by Gasteiger charge is 1.96. The van der Waals surface area contributed by atoms with Crippen molar-refractivity contribution in [1.29, 1.82) is 5.26 Å². The van der Waals surface area contributed by atoms with E-state index in [1.54, 1.807) is 6.07 Å². The molecule has 0 radical (unpaired) electrons. The summed E-state index contributed by atoms with van der Waals surface area (Å²) in [5, 5.41) is 11.8. The van der Waals surface area contributed by atoms with Crippen LogP contribution in [-0.4, -0.2) is 13.6 Å². The molecule has 0 aromatic heterocycles. The summed E-state index contributed by atoms with van der Waals surface area (Å²) in [4.78, 5) is 0. The molecule has 3 N–H and O–H groups in total. The molecule has 0 heterocycles. The second-order valence-electron chi connectivity index (χ2n) is 3.25. The Hall–Kier alpha value is -1.79. The van der Waals surface area contributed by atoms with Crippen LogP contribution in [0.3, 0.4) is 0 Å². The Morgan fingerprint density at radius 3 is 2.93 bits per heavy atom. The molecule has 78 valence electrons. The van der Waals surface area contributed by atoms with Crippen molar-refractivity contribution in [2.45, 2.75) is 6.42 Å². The number of rotatable bonds is 4. The monoisotopic (exact) mass is 201 g/mol. The SMILES string of the molecule is CNCCC=Cc1ccc(C#N)c(N)c1. The summed E-state index contributed by atoms with van der Waals surface area (Å²) in [5.74, 6) is 0. The zero-order chi connectivity index (χ0) is 11.1. The van der Waals surface area contributed by atoms with Crippen LogP contribution in [0.15, 0.2) is 24.3 Å². The molecule has 0 unspecified atom stereocenters. The first-order valence-corrected chi connectivity index (χ1v) is 4.88. The van der Waals surface area contributed by atoms with Gasteiger partial charge in [0.15, 0.2) is 0 Å². The van der Waals surface area contributed by atoms with Gasteiger partial charge >= 0.3 is 0 Å². The minimum Gasteiger partial charge on any atom is -0.398 e. The van der Waals surface area contributed by atoms with E-state index in [1.165, 1.54) is 0 Å². The van der Waals surface area contributed by atoms with Crippen molar-refractivity contribution in [3.05, 3.63) is 35.4 Å². The largest absolute Gasteiger partial charge is 0.398 e. The topological polar surface area (TPSA) is 61.8 Å². The normalized spacial score (nSPS) is 10.4. The fraction of sp³-hybridized carbons (Fsp3) is 0.250. The number of anilines is 1. The van der Waals surface area contributed by atoms with E-state index in [0.29, 0.717) is 11.3 Å². The van der Waals surface area contributed by atoms with E-state index in [0.717, 1.165) is 18.5 Å². The van der Waals surface area contributed by atoms with E-state index in [9.17, 15) is 0 Å². The third-order valence-corrected chi connectivity index (χ3v) is 2.07. The van der Waals surface area contributed by atoms with Gasteiger partial charge in [0, 0.05) is 0 Å². The van der Waals surface area contributed by atoms with Crippen LogP contribution in [0, 0.1) is 11.3 Å². The molecule has 0 bridgehead atoms. The average Bonchev–Trinajstić information content (AvgIpc) is 2.25. The number of nitrogen functional groups attached to an aromatic ring is 1. The smallest absolute Gasteiger partial charge is 0.101 e. The van der Waals surface area contributed by atoms with Gasteiger partial charge < -0.3 is 11.1 Å². The summed E-state index contributed by atoms with van der Waals surface area (Å²) >= 11 is 0. The average molecular weight is 201 g/mol. The van der Waals surface area contributed by atoms with Crippen LogP contribution < -0.4 is 11.1 Å². The number of nitrogens with zero attached hydrogens (tertiary/aromatic N) is 1. The van der Waals surface area contributed by atoms with E-state index >= 15 is 0 Å². The molecule has 0 aliphatic carbocycles. The molecular weight excluding hydrogens is 186 g/mol. The zero-order valence-electron chi connectivity index (χ0n) is 8.83. The molecule has 0 saturated heterocycles. The van der Waals surface area contributed by atoms with E-state index < -0.39 is 0 Å². The van der Waals surface area contributed by atoms with Crippen molar-refractivity contribution in [3.63, 3.8) is 0 Å². The number of hydrogen-bond donors (Lipinski definition) is 2. The fourth-order valence-corrected chi connectivity index (χ4v) is 1.23. The van der Waals surface area contributed by atoms with E-state index in [4.69, 9.17) is 11.0 Å². The van der Waals surface area contributed by atoms with Gasteiger partial charge in [-0.15, -0.1) is 0 Å². The molecule has 1 aromatic carbocycles. The second kappa shape index (κ2) is 5.84. The Bertz CT molecular complexity index is 388. The number of benzene rings is 1. The Balaban J connectivity index is 2.68. The van der Waals surface area contributed by atoms with Crippen molar-refractivity contribution >= 4 is 11.8 Å². The second-order valence-corrected chi connectivity index (χ2v) is 3.25. The van der Waals surface area contributed by atoms with Crippen molar-refractivity contribution in [2.75, 3.05) is 19.3 Å². The quantitative estimate of drug-likeness (QED) is 0.576. The van der Waals surface area contributed by atoms with Gasteiger partial charge in [0.05, 0.1) is 11.3 Å². The zero-order valence-corrected chi connectivity index (χ0v) is 8.83. The summed E-state index contributed by atoms with van der Waals surface area (Å²) in [6, 6.07) is 7.49. The third kappa shape index (κ3) is 3.45. The van der Waals surface area contributed by atoms with Crippen molar-refractivity contribution in [1.82, 2.24) is 5.32 Å². The molecule has 1 rings (SSSR count). The number of nitriles is 1. The molecule has 0 fully saturated rings. The van der Waals surface area contributed by atoms with Crippen LogP contribution in [0.5, 0.6) is 0 Å². The lowest BCUT2D eigenvalue weighted by molar-refractivity contribution is 0.809. The van der Waals surface area contributed by atoms with Crippen LogP contribution in [0.2, 0.25) is 0 Å². The molecule has 0 aliphatic rings. The number of nitrogens with one attached hydrogen (secondary N) is 1. The maximum Gasteiger partial charge on any atom is 0.101 e. The first-order chi connectivity index (χ1) is 7.27. The number of nitrogens with two attached hydrogens (primary N) is 1. The molecular formula is C12H15N3. The lowest BCUT2D eigenvalue weighted by atomic mass is 10.1. The summed E-state index contributed by atoms with van der Waals surface area (Å²) in [6.45, 7) is 0.961. The Labute approximate surface area is 90.2 Å². The van der Waals surface area contributed by atoms with Crippen LogP contribution in [0.25, 0.3) is 6.08 Å². The molecule has 0 spiro atoms. The van der Waals surface area contributed by atoms with Gasteiger partial charge in [0.1, 0.15) is 6.07 Å². The van der Waals surface area contributed by atoms with Gasteiger partial charge in [-0.25, -0.2) is 0 Å². The predicted octanol–water partition coefficient (Wildman–Crippen LogP) is 1.76. The van der Waals surface area contributed by atoms with Gasteiger partial charge in [-0.1, -0.05) is 18.2 Å². The summed E-state index contributed by atoms with van der Waals surface area (Å²) in [6.07, 6.45) is 5.07. The van der Waals surface area contributed by atoms with Crippen molar-refractivity contribution in [2.24, 2.45) is 0 Å². The van der Waals surface area contributed by atoms with Crippen molar-refractivity contribution in [3.8, 4) is 6.07 Å². The lowest BCUT2D eigenvalue weighted by Crippen LogP contribution is -2.05. The Morgan fingerprint density at radius 2 is 2.33 bits per heavy atom. The van der Waals surface area contributed by atoms with Gasteiger partial charge in [0.2, 0.25) is 0 Å². The molecule has 0 saturated carbocycles. The molecule has 0 amide bonds. The fourth-order valence-electron chi connectivity index (χ4n) is 1.23. The standard InChI is InChI=1S/C12H15N3/c1-15-7-3-2-4-10-5-6-11(9-13)12(14)8-10/h2,4-6,8,15H,3,7,14H2,1H3. The van der Waals surface area contributed by atoms with Crippen LogP contribution >= 0.6 is 0 Å². The van der Waals surface area contributed by atoms with Gasteiger partial charge in [-0.05, 0) is 37.7 Å². The summed E-state index contributed by atoms with van der Waals surface area (Å²) in [5.41, 5.74) is 7.79. The maximum atomic E-state index is 8.70. The van der Waals surface area contributed by atoms with E-state index in [-0.39, 0.29) is 0 Å². The number of hydrogen-bond acceptors (Lipinski definition) is 3. The molecule has 0 atom stereocenters. The van der Waals surface area contributed by atoms with Gasteiger partial charge in [-0.2, -0.15) is 5.26 Å². The molecule has 0 aliphatic heterocycles. The van der Waals surface area contributed by atoms with Crippen LogP contribution in [-0.2, 0) is 0 Å². The van der Waals surface area contributed by atoms with Gasteiger partial charge in [0.25, 0.3) is 0 Å². The minimum absolute atomic E-state index is 0.530.